The molecular formula is C23H30N4O9. The number of carbonyl (C=O) groups is 4. The molecule has 0 bridgehead atoms. The third-order valence-electron chi connectivity index (χ3n) is 4.93. The van der Waals surface area contributed by atoms with Gasteiger partial charge in [0, 0.05) is 30.7 Å². The number of aromatic nitrogens is 1. The fourth-order valence-electron chi connectivity index (χ4n) is 3.32. The molecule has 2 aliphatic heterocycles. The highest BCUT2D eigenvalue weighted by molar-refractivity contribution is 6.00. The van der Waals surface area contributed by atoms with E-state index in [-0.39, 0.29) is 43.1 Å². The van der Waals surface area contributed by atoms with Crippen molar-refractivity contribution >= 4 is 23.6 Å². The molecule has 4 rings (SSSR count). The number of aryl methyl sites for hydroxylation is 2. The minimum absolute atomic E-state index is 0. The number of nitrogens with zero attached hydrogens (tertiary/aromatic N) is 1. The molecule has 4 heterocycles. The van der Waals surface area contributed by atoms with Gasteiger partial charge in [0.2, 0.25) is 23.6 Å². The van der Waals surface area contributed by atoms with E-state index >= 15 is 0 Å². The summed E-state index contributed by atoms with van der Waals surface area (Å²) in [5, 5.41) is 22.3. The molecule has 196 valence electrons. The maximum atomic E-state index is 11.7. The normalized spacial score (nSPS) is 18.9. The second kappa shape index (κ2) is 13.0. The van der Waals surface area contributed by atoms with Gasteiger partial charge in [0.15, 0.2) is 0 Å². The average Bonchev–Trinajstić information content (AvgIpc) is 2.72. The van der Waals surface area contributed by atoms with Gasteiger partial charge in [-0.3, -0.25) is 34.6 Å². The van der Waals surface area contributed by atoms with E-state index in [2.05, 4.69) is 15.1 Å². The van der Waals surface area contributed by atoms with Gasteiger partial charge in [-0.1, -0.05) is 7.43 Å². The van der Waals surface area contributed by atoms with Crippen LogP contribution in [0.1, 0.15) is 50.6 Å². The van der Waals surface area contributed by atoms with Crippen molar-refractivity contribution in [1.29, 1.82) is 0 Å². The summed E-state index contributed by atoms with van der Waals surface area (Å²) in [6.07, 6.45) is 1.36. The van der Waals surface area contributed by atoms with Crippen molar-refractivity contribution in [2.24, 2.45) is 5.73 Å². The van der Waals surface area contributed by atoms with E-state index in [9.17, 15) is 33.9 Å². The van der Waals surface area contributed by atoms with E-state index < -0.39 is 29.2 Å². The van der Waals surface area contributed by atoms with E-state index in [0.717, 1.165) is 12.1 Å². The Morgan fingerprint density at radius 3 is 1.89 bits per heavy atom. The average molecular weight is 507 g/mol. The van der Waals surface area contributed by atoms with Crippen molar-refractivity contribution in [2.75, 3.05) is 0 Å². The van der Waals surface area contributed by atoms with Crippen molar-refractivity contribution < 1.29 is 33.8 Å². The summed E-state index contributed by atoms with van der Waals surface area (Å²) in [5.41, 5.74) is 4.80. The molecule has 4 amide bonds. The SMILES string of the molecule is C.Cc1cc(O)cc(=O)n1C1CCC(=O)NC1=O.Cc1cc(O)cc(=O)o1.NC1CCC(=O)NC1=O. The van der Waals surface area contributed by atoms with Gasteiger partial charge in [0.1, 0.15) is 23.3 Å². The fourth-order valence-corrected chi connectivity index (χ4v) is 3.32. The van der Waals surface area contributed by atoms with Gasteiger partial charge in [-0.05, 0) is 32.8 Å². The van der Waals surface area contributed by atoms with Gasteiger partial charge in [0.05, 0.1) is 12.1 Å². The van der Waals surface area contributed by atoms with Crippen LogP contribution in [0.15, 0.2) is 38.3 Å². The van der Waals surface area contributed by atoms with Crippen LogP contribution < -0.4 is 27.6 Å². The molecule has 2 saturated heterocycles. The summed E-state index contributed by atoms with van der Waals surface area (Å²) in [5.74, 6) is -1.14. The van der Waals surface area contributed by atoms with E-state index in [1.807, 2.05) is 0 Å². The standard InChI is InChI=1S/C11H12N2O4.C6H6O3.C5H8N2O2.CH4/c1-6-4-7(14)5-10(16)13(6)8-2-3-9(15)12-11(8)17;1-4-2-5(7)3-6(8)9-4;6-3-1-2-4(8)7-5(3)9;/h4-5,8,14H,2-3H2,1H3,(H,12,15,17);2-3,7H,1H3;3H,1-2,6H2,(H,7,8,9);1H4. The molecule has 13 heteroatoms. The Labute approximate surface area is 205 Å². The summed E-state index contributed by atoms with van der Waals surface area (Å²) in [4.78, 5) is 65.7. The van der Waals surface area contributed by atoms with Crippen LogP contribution in [0.4, 0.5) is 0 Å². The first-order chi connectivity index (χ1) is 16.4. The number of pyridine rings is 1. The van der Waals surface area contributed by atoms with Crippen LogP contribution in [0, 0.1) is 13.8 Å². The predicted molar refractivity (Wildman–Crippen MR) is 127 cm³/mol. The molecule has 36 heavy (non-hydrogen) atoms. The lowest BCUT2D eigenvalue weighted by molar-refractivity contribution is -0.136. The topological polar surface area (TPSA) is 211 Å². The van der Waals surface area contributed by atoms with Crippen LogP contribution in [0.2, 0.25) is 0 Å². The van der Waals surface area contributed by atoms with Crippen LogP contribution in [0.5, 0.6) is 11.5 Å². The summed E-state index contributed by atoms with van der Waals surface area (Å²) in [6.45, 7) is 3.23. The molecule has 2 aromatic rings. The van der Waals surface area contributed by atoms with Crippen LogP contribution in [0.3, 0.4) is 0 Å². The summed E-state index contributed by atoms with van der Waals surface area (Å²) in [7, 11) is 0. The van der Waals surface area contributed by atoms with Crippen molar-refractivity contribution in [2.45, 2.75) is 59.0 Å². The molecule has 2 unspecified atom stereocenters. The number of aromatic hydroxyl groups is 2. The molecule has 2 fully saturated rings. The number of hydrogen-bond acceptors (Lipinski definition) is 10. The highest BCUT2D eigenvalue weighted by atomic mass is 16.4. The van der Waals surface area contributed by atoms with Gasteiger partial charge in [-0.15, -0.1) is 0 Å². The third-order valence-corrected chi connectivity index (χ3v) is 4.93. The summed E-state index contributed by atoms with van der Waals surface area (Å²) in [6, 6.07) is 3.69. The first-order valence-corrected chi connectivity index (χ1v) is 10.5. The van der Waals surface area contributed by atoms with E-state index in [0.29, 0.717) is 30.7 Å². The molecule has 0 radical (unpaired) electrons. The highest BCUT2D eigenvalue weighted by Gasteiger charge is 2.29. The predicted octanol–water partition coefficient (Wildman–Crippen LogP) is -0.120. The molecule has 2 aromatic heterocycles. The first kappa shape index (κ1) is 29.8. The van der Waals surface area contributed by atoms with Gasteiger partial charge >= 0.3 is 5.63 Å². The number of imide groups is 2. The van der Waals surface area contributed by atoms with Crippen molar-refractivity contribution in [3.8, 4) is 11.5 Å². The van der Waals surface area contributed by atoms with Crippen LogP contribution in [-0.2, 0) is 19.2 Å². The molecule has 0 saturated carbocycles. The van der Waals surface area contributed by atoms with Crippen molar-refractivity contribution in [1.82, 2.24) is 15.2 Å². The maximum Gasteiger partial charge on any atom is 0.339 e. The van der Waals surface area contributed by atoms with E-state index in [1.165, 1.54) is 16.7 Å². The van der Waals surface area contributed by atoms with Gasteiger partial charge in [-0.25, -0.2) is 4.79 Å². The lowest BCUT2D eigenvalue weighted by Crippen LogP contribution is -2.48. The Kier molecular flexibility index (Phi) is 10.7. The monoisotopic (exact) mass is 506 g/mol. The number of nitrogens with two attached hydrogens (primary N) is 1. The van der Waals surface area contributed by atoms with Crippen LogP contribution >= 0.6 is 0 Å². The third kappa shape index (κ3) is 8.51. The Bertz CT molecular complexity index is 1230. The first-order valence-electron chi connectivity index (χ1n) is 10.5. The Hall–Kier alpha value is -4.26. The van der Waals surface area contributed by atoms with Gasteiger partial charge < -0.3 is 24.9 Å². The molecule has 2 atom stereocenters. The van der Waals surface area contributed by atoms with Crippen LogP contribution in [0.25, 0.3) is 0 Å². The lowest BCUT2D eigenvalue weighted by Gasteiger charge is -2.24. The number of amides is 4. The zero-order valence-electron chi connectivity index (χ0n) is 19.1. The van der Waals surface area contributed by atoms with E-state index in [1.54, 1.807) is 13.8 Å². The summed E-state index contributed by atoms with van der Waals surface area (Å²) < 4.78 is 5.84. The second-order valence-corrected chi connectivity index (χ2v) is 7.83. The molecule has 13 nitrogen and oxygen atoms in total. The van der Waals surface area contributed by atoms with E-state index in [4.69, 9.17) is 10.8 Å². The quantitative estimate of drug-likeness (QED) is 0.324. The number of nitrogens with one attached hydrogen (secondary N) is 2. The zero-order chi connectivity index (χ0) is 26.3. The smallest absolute Gasteiger partial charge is 0.339 e. The van der Waals surface area contributed by atoms with Gasteiger partial charge in [-0.2, -0.15) is 0 Å². The molecule has 6 N–H and O–H groups in total. The maximum absolute atomic E-state index is 11.7. The Balaban J connectivity index is 0.000000291. The molecule has 0 spiro atoms. The largest absolute Gasteiger partial charge is 0.508 e. The highest BCUT2D eigenvalue weighted by Crippen LogP contribution is 2.20. The lowest BCUT2D eigenvalue weighted by atomic mass is 10.1. The second-order valence-electron chi connectivity index (χ2n) is 7.83. The van der Waals surface area contributed by atoms with Crippen LogP contribution in [-0.4, -0.2) is 44.5 Å². The molecular weight excluding hydrogens is 476 g/mol. The number of carbonyl (C=O) groups excluding carboxylic acids is 4. The summed E-state index contributed by atoms with van der Waals surface area (Å²) >= 11 is 0. The minimum Gasteiger partial charge on any atom is -0.508 e. The molecule has 0 aliphatic carbocycles. The zero-order valence-corrected chi connectivity index (χ0v) is 19.1. The minimum atomic E-state index is -0.680. The van der Waals surface area contributed by atoms with Crippen molar-refractivity contribution in [3.63, 3.8) is 0 Å². The van der Waals surface area contributed by atoms with Gasteiger partial charge in [0.25, 0.3) is 5.56 Å². The Morgan fingerprint density at radius 2 is 1.42 bits per heavy atom. The molecule has 0 aromatic carbocycles. The number of piperidine rings is 2. The fraction of sp³-hybridized carbons (Fsp3) is 0.391. The molecule has 2 aliphatic rings. The Morgan fingerprint density at radius 1 is 0.861 bits per heavy atom. The van der Waals surface area contributed by atoms with Crippen molar-refractivity contribution in [3.05, 3.63) is 56.5 Å². The number of hydrogen-bond donors (Lipinski definition) is 5. The number of rotatable bonds is 1.